The molecule has 0 heterocycles. The van der Waals surface area contributed by atoms with Gasteiger partial charge in [0.2, 0.25) is 0 Å². The van der Waals surface area contributed by atoms with E-state index in [0.29, 0.717) is 23.1 Å². The number of benzene rings is 1. The van der Waals surface area contributed by atoms with E-state index in [2.05, 4.69) is 15.9 Å². The zero-order valence-electron chi connectivity index (χ0n) is 9.40. The SMILES string of the molecule is CCOC(=O)c1cccc(CCC(=O)O)c1Br. The van der Waals surface area contributed by atoms with Crippen molar-refractivity contribution in [2.45, 2.75) is 19.8 Å². The Balaban J connectivity index is 2.90. The average molecular weight is 301 g/mol. The monoisotopic (exact) mass is 300 g/mol. The quantitative estimate of drug-likeness (QED) is 0.849. The van der Waals surface area contributed by atoms with Crippen LogP contribution in [-0.2, 0) is 16.0 Å². The number of carbonyl (C=O) groups excluding carboxylic acids is 1. The van der Waals surface area contributed by atoms with Crippen molar-refractivity contribution < 1.29 is 19.4 Å². The molecule has 0 aliphatic heterocycles. The fourth-order valence-electron chi connectivity index (χ4n) is 1.38. The topological polar surface area (TPSA) is 63.6 Å². The Hall–Kier alpha value is -1.36. The van der Waals surface area contributed by atoms with Crippen LogP contribution < -0.4 is 0 Å². The van der Waals surface area contributed by atoms with E-state index in [9.17, 15) is 9.59 Å². The molecule has 4 nitrogen and oxygen atoms in total. The minimum Gasteiger partial charge on any atom is -0.481 e. The summed E-state index contributed by atoms with van der Waals surface area (Å²) in [5, 5.41) is 8.62. The van der Waals surface area contributed by atoms with Gasteiger partial charge < -0.3 is 9.84 Å². The number of aryl methyl sites for hydroxylation is 1. The normalized spacial score (nSPS) is 10.0. The summed E-state index contributed by atoms with van der Waals surface area (Å²) in [6, 6.07) is 5.15. The lowest BCUT2D eigenvalue weighted by Gasteiger charge is -2.08. The molecule has 0 aliphatic rings. The fraction of sp³-hybridized carbons (Fsp3) is 0.333. The molecule has 0 fully saturated rings. The number of hydrogen-bond acceptors (Lipinski definition) is 3. The molecule has 92 valence electrons. The first kappa shape index (κ1) is 13.7. The lowest BCUT2D eigenvalue weighted by Crippen LogP contribution is -2.07. The van der Waals surface area contributed by atoms with Gasteiger partial charge in [0.05, 0.1) is 12.2 Å². The predicted molar refractivity (Wildman–Crippen MR) is 66.1 cm³/mol. The molecule has 0 amide bonds. The van der Waals surface area contributed by atoms with Crippen LogP contribution >= 0.6 is 15.9 Å². The van der Waals surface area contributed by atoms with Crippen LogP contribution in [0.25, 0.3) is 0 Å². The number of halogens is 1. The van der Waals surface area contributed by atoms with Crippen molar-refractivity contribution in [3.05, 3.63) is 33.8 Å². The summed E-state index contributed by atoms with van der Waals surface area (Å²) in [4.78, 5) is 22.1. The molecule has 0 saturated heterocycles. The number of carboxylic acids is 1. The number of carboxylic acid groups (broad SMARTS) is 1. The van der Waals surface area contributed by atoms with Gasteiger partial charge in [-0.3, -0.25) is 4.79 Å². The van der Waals surface area contributed by atoms with Crippen LogP contribution in [0.5, 0.6) is 0 Å². The van der Waals surface area contributed by atoms with Crippen LogP contribution in [0.15, 0.2) is 22.7 Å². The van der Waals surface area contributed by atoms with E-state index < -0.39 is 11.9 Å². The molecule has 0 spiro atoms. The van der Waals surface area contributed by atoms with Crippen molar-refractivity contribution in [1.82, 2.24) is 0 Å². The Morgan fingerprint density at radius 3 is 2.71 bits per heavy atom. The van der Waals surface area contributed by atoms with Gasteiger partial charge in [0.15, 0.2) is 0 Å². The molecule has 1 aromatic rings. The number of ether oxygens (including phenoxy) is 1. The van der Waals surface area contributed by atoms with E-state index in [1.165, 1.54) is 0 Å². The number of carbonyl (C=O) groups is 2. The van der Waals surface area contributed by atoms with Crippen LogP contribution in [0.2, 0.25) is 0 Å². The van der Waals surface area contributed by atoms with Gasteiger partial charge in [-0.05, 0) is 40.9 Å². The van der Waals surface area contributed by atoms with Gasteiger partial charge in [-0.2, -0.15) is 0 Å². The second kappa shape index (κ2) is 6.39. The molecule has 5 heteroatoms. The summed E-state index contributed by atoms with van der Waals surface area (Å²) in [5.74, 6) is -1.27. The van der Waals surface area contributed by atoms with E-state index in [0.717, 1.165) is 5.56 Å². The molecule has 0 atom stereocenters. The van der Waals surface area contributed by atoms with Gasteiger partial charge in [-0.1, -0.05) is 12.1 Å². The van der Waals surface area contributed by atoms with Gasteiger partial charge in [-0.15, -0.1) is 0 Å². The summed E-state index contributed by atoms with van der Waals surface area (Å²) in [5.41, 5.74) is 1.22. The highest BCUT2D eigenvalue weighted by molar-refractivity contribution is 9.10. The maximum Gasteiger partial charge on any atom is 0.339 e. The minimum absolute atomic E-state index is 0.0326. The van der Waals surface area contributed by atoms with E-state index in [1.54, 1.807) is 25.1 Å². The second-order valence-electron chi connectivity index (χ2n) is 3.39. The Morgan fingerprint density at radius 2 is 2.12 bits per heavy atom. The van der Waals surface area contributed by atoms with E-state index >= 15 is 0 Å². The van der Waals surface area contributed by atoms with Crippen molar-refractivity contribution in [2.75, 3.05) is 6.61 Å². The minimum atomic E-state index is -0.863. The zero-order valence-corrected chi connectivity index (χ0v) is 11.0. The maximum atomic E-state index is 11.6. The highest BCUT2D eigenvalue weighted by atomic mass is 79.9. The van der Waals surface area contributed by atoms with Gasteiger partial charge in [0, 0.05) is 10.9 Å². The Kier molecular flexibility index (Phi) is 5.15. The molecule has 0 bridgehead atoms. The first-order valence-electron chi connectivity index (χ1n) is 5.22. The molecule has 1 rings (SSSR count). The Morgan fingerprint density at radius 1 is 1.41 bits per heavy atom. The van der Waals surface area contributed by atoms with Gasteiger partial charge in [-0.25, -0.2) is 4.79 Å². The second-order valence-corrected chi connectivity index (χ2v) is 4.19. The standard InChI is InChI=1S/C12H13BrO4/c1-2-17-12(16)9-5-3-4-8(11(9)13)6-7-10(14)15/h3-5H,2,6-7H2,1H3,(H,14,15). The van der Waals surface area contributed by atoms with E-state index in [1.807, 2.05) is 0 Å². The van der Waals surface area contributed by atoms with Crippen LogP contribution in [0.3, 0.4) is 0 Å². The summed E-state index contributed by atoms with van der Waals surface area (Å²) in [7, 11) is 0. The zero-order chi connectivity index (χ0) is 12.8. The number of rotatable bonds is 5. The van der Waals surface area contributed by atoms with E-state index in [-0.39, 0.29) is 6.42 Å². The highest BCUT2D eigenvalue weighted by Crippen LogP contribution is 2.23. The highest BCUT2D eigenvalue weighted by Gasteiger charge is 2.14. The first-order valence-corrected chi connectivity index (χ1v) is 6.01. The molecule has 0 radical (unpaired) electrons. The predicted octanol–water partition coefficient (Wildman–Crippen LogP) is 2.64. The number of hydrogen-bond donors (Lipinski definition) is 1. The average Bonchev–Trinajstić information content (AvgIpc) is 2.27. The smallest absolute Gasteiger partial charge is 0.339 e. The largest absolute Gasteiger partial charge is 0.481 e. The first-order chi connectivity index (χ1) is 8.06. The fourth-order valence-corrected chi connectivity index (χ4v) is 2.01. The molecule has 0 saturated carbocycles. The lowest BCUT2D eigenvalue weighted by molar-refractivity contribution is -0.136. The summed E-state index contributed by atoms with van der Waals surface area (Å²) < 4.78 is 5.51. The summed E-state index contributed by atoms with van der Waals surface area (Å²) in [6.07, 6.45) is 0.411. The van der Waals surface area contributed by atoms with Crippen molar-refractivity contribution >= 4 is 27.9 Å². The molecule has 0 unspecified atom stereocenters. The number of esters is 1. The Labute approximate surface area is 108 Å². The van der Waals surface area contributed by atoms with Gasteiger partial charge in [0.1, 0.15) is 0 Å². The van der Waals surface area contributed by atoms with Crippen molar-refractivity contribution in [2.24, 2.45) is 0 Å². The third kappa shape index (κ3) is 3.85. The van der Waals surface area contributed by atoms with Crippen LogP contribution in [-0.4, -0.2) is 23.7 Å². The van der Waals surface area contributed by atoms with Gasteiger partial charge >= 0.3 is 11.9 Å². The van der Waals surface area contributed by atoms with Crippen molar-refractivity contribution in [1.29, 1.82) is 0 Å². The third-order valence-corrected chi connectivity index (χ3v) is 3.12. The molecular weight excluding hydrogens is 288 g/mol. The molecule has 1 N–H and O–H groups in total. The maximum absolute atomic E-state index is 11.6. The molecule has 0 aromatic heterocycles. The van der Waals surface area contributed by atoms with Gasteiger partial charge in [0.25, 0.3) is 0 Å². The molecule has 1 aromatic carbocycles. The third-order valence-electron chi connectivity index (χ3n) is 2.18. The number of aliphatic carboxylic acids is 1. The van der Waals surface area contributed by atoms with Crippen LogP contribution in [0, 0.1) is 0 Å². The molecule has 0 aliphatic carbocycles. The van der Waals surface area contributed by atoms with E-state index in [4.69, 9.17) is 9.84 Å². The van der Waals surface area contributed by atoms with Crippen LogP contribution in [0.4, 0.5) is 0 Å². The van der Waals surface area contributed by atoms with Crippen molar-refractivity contribution in [3.8, 4) is 0 Å². The molecule has 17 heavy (non-hydrogen) atoms. The van der Waals surface area contributed by atoms with Crippen molar-refractivity contribution in [3.63, 3.8) is 0 Å². The lowest BCUT2D eigenvalue weighted by atomic mass is 10.1. The summed E-state index contributed by atoms with van der Waals surface area (Å²) in [6.45, 7) is 2.05. The Bertz CT molecular complexity index is 429. The molecular formula is C12H13BrO4. The van der Waals surface area contributed by atoms with Crippen LogP contribution in [0.1, 0.15) is 29.3 Å². The summed E-state index contributed by atoms with van der Waals surface area (Å²) >= 11 is 3.31.